The van der Waals surface area contributed by atoms with E-state index in [4.69, 9.17) is 30.1 Å². The molecule has 16 rings (SSSR count). The lowest BCUT2D eigenvalue weighted by atomic mass is 9.94. The molecule has 0 bridgehead atoms. The maximum atomic E-state index is 5.39. The summed E-state index contributed by atoms with van der Waals surface area (Å²) in [5.41, 5.74) is 21.3. The number of rotatable bonds is 11. The number of imidazole rings is 2. The summed E-state index contributed by atoms with van der Waals surface area (Å²) in [7, 11) is 0. The molecule has 0 fully saturated rings. The molecule has 10 nitrogen and oxygen atoms in total. The highest BCUT2D eigenvalue weighted by molar-refractivity contribution is 7.22. The Morgan fingerprint density at radius 2 is 0.659 bits per heavy atom. The summed E-state index contributed by atoms with van der Waals surface area (Å²) < 4.78 is 2.37. The average Bonchev–Trinajstić information content (AvgIpc) is 4.51. The average molecular weight is 1090 g/mol. The van der Waals surface area contributed by atoms with Crippen molar-refractivity contribution >= 4 is 88.0 Å². The third kappa shape index (κ3) is 8.81. The van der Waals surface area contributed by atoms with Gasteiger partial charge in [-0.2, -0.15) is 10.2 Å². The molecular formula is C70H48N10S2. The summed E-state index contributed by atoms with van der Waals surface area (Å²) in [5, 5.41) is 17.2. The van der Waals surface area contributed by atoms with Crippen LogP contribution in [0.1, 0.15) is 47.2 Å². The van der Waals surface area contributed by atoms with E-state index in [1.54, 1.807) is 22.7 Å². The quantitative estimate of drug-likeness (QED) is 0.133. The molecule has 4 aromatic heterocycles. The zero-order valence-corrected chi connectivity index (χ0v) is 45.7. The van der Waals surface area contributed by atoms with E-state index < -0.39 is 0 Å². The minimum Gasteiger partial charge on any atom is -0.338 e. The number of benzene rings is 10. The van der Waals surface area contributed by atoms with Crippen molar-refractivity contribution < 1.29 is 0 Å². The van der Waals surface area contributed by atoms with Crippen molar-refractivity contribution in [2.75, 3.05) is 10.0 Å². The first kappa shape index (κ1) is 47.8. The third-order valence-electron chi connectivity index (χ3n) is 15.9. The van der Waals surface area contributed by atoms with Crippen LogP contribution in [0.15, 0.2) is 253 Å². The molecule has 2 aliphatic heterocycles. The van der Waals surface area contributed by atoms with Crippen molar-refractivity contribution in [2.24, 2.45) is 10.2 Å². The molecule has 0 aliphatic carbocycles. The number of anilines is 2. The fourth-order valence-electron chi connectivity index (χ4n) is 11.5. The number of hydrazone groups is 2. The van der Waals surface area contributed by atoms with Gasteiger partial charge in [-0.05, 0) is 130 Å². The van der Waals surface area contributed by atoms with Crippen LogP contribution < -0.4 is 10.0 Å². The summed E-state index contributed by atoms with van der Waals surface area (Å²) in [5.74, 6) is 1.72. The van der Waals surface area contributed by atoms with Gasteiger partial charge in [-0.1, -0.05) is 146 Å². The van der Waals surface area contributed by atoms with Gasteiger partial charge in [-0.15, -0.1) is 22.7 Å². The molecule has 2 unspecified atom stereocenters. The molecular weight excluding hydrogens is 1040 g/mol. The van der Waals surface area contributed by atoms with E-state index in [0.29, 0.717) is 0 Å². The normalized spacial score (nSPS) is 15.3. The lowest BCUT2D eigenvalue weighted by Gasteiger charge is -2.24. The fourth-order valence-corrected chi connectivity index (χ4v) is 13.4. The van der Waals surface area contributed by atoms with Gasteiger partial charge in [-0.3, -0.25) is 10.0 Å². The topological polar surface area (TPSA) is 114 Å². The SMILES string of the molecule is c1ccc2[nH]c(-c3ccc(C4CC(c5ccc(-c6ccc(C7=NN(c8ccc(-c9nc%10ccccc%10s9)cc8)C(c8ccc(-c9nc%10ccccc%10[nH]9)cc8)C7)cc6)cc5)=NN4c4ccc(-c5nc6ccccc6s5)cc4)cc3)nc2c1. The maximum absolute atomic E-state index is 5.39. The van der Waals surface area contributed by atoms with Gasteiger partial charge >= 0.3 is 0 Å². The second-order valence-electron chi connectivity index (χ2n) is 20.9. The summed E-state index contributed by atoms with van der Waals surface area (Å²) in [4.78, 5) is 26.6. The first-order chi connectivity index (χ1) is 40.5. The minimum absolute atomic E-state index is 0.0138. The second-order valence-corrected chi connectivity index (χ2v) is 23.0. The number of fused-ring (bicyclic) bond motifs is 4. The van der Waals surface area contributed by atoms with Crippen LogP contribution in [0.3, 0.4) is 0 Å². The Bertz CT molecular complexity index is 4310. The van der Waals surface area contributed by atoms with Crippen LogP contribution in [-0.2, 0) is 0 Å². The van der Waals surface area contributed by atoms with Crippen LogP contribution in [0, 0.1) is 0 Å². The Balaban J connectivity index is 0.671. The van der Waals surface area contributed by atoms with Crippen molar-refractivity contribution in [3.8, 4) is 55.0 Å². The first-order valence-corrected chi connectivity index (χ1v) is 29.1. The van der Waals surface area contributed by atoms with Crippen LogP contribution in [0.4, 0.5) is 11.4 Å². The summed E-state index contributed by atoms with van der Waals surface area (Å²) >= 11 is 3.44. The lowest BCUT2D eigenvalue weighted by molar-refractivity contribution is 0.709. The first-order valence-electron chi connectivity index (χ1n) is 27.5. The highest BCUT2D eigenvalue weighted by atomic mass is 32.1. The predicted octanol–water partition coefficient (Wildman–Crippen LogP) is 17.7. The van der Waals surface area contributed by atoms with Crippen molar-refractivity contribution in [2.45, 2.75) is 24.9 Å². The van der Waals surface area contributed by atoms with E-state index in [9.17, 15) is 0 Å². The van der Waals surface area contributed by atoms with Crippen LogP contribution in [-0.4, -0.2) is 41.3 Å². The van der Waals surface area contributed by atoms with Gasteiger partial charge in [0.25, 0.3) is 0 Å². The number of nitrogens with one attached hydrogen (secondary N) is 2. The van der Waals surface area contributed by atoms with Crippen molar-refractivity contribution in [3.05, 3.63) is 265 Å². The highest BCUT2D eigenvalue weighted by Gasteiger charge is 2.32. The van der Waals surface area contributed by atoms with Crippen LogP contribution in [0.5, 0.6) is 0 Å². The second kappa shape index (κ2) is 19.9. The van der Waals surface area contributed by atoms with Crippen LogP contribution >= 0.6 is 22.7 Å². The summed E-state index contributed by atoms with van der Waals surface area (Å²) in [6, 6.07) is 85.6. The molecule has 14 aromatic rings. The predicted molar refractivity (Wildman–Crippen MR) is 338 cm³/mol. The van der Waals surface area contributed by atoms with Crippen LogP contribution in [0.2, 0.25) is 0 Å². The van der Waals surface area contributed by atoms with E-state index >= 15 is 0 Å². The molecule has 2 atom stereocenters. The van der Waals surface area contributed by atoms with E-state index in [-0.39, 0.29) is 12.1 Å². The molecule has 12 heteroatoms. The monoisotopic (exact) mass is 1090 g/mol. The minimum atomic E-state index is -0.0138. The Labute approximate surface area is 480 Å². The fraction of sp³-hybridized carbons (Fsp3) is 0.0571. The zero-order chi connectivity index (χ0) is 54.1. The van der Waals surface area contributed by atoms with Gasteiger partial charge in [0.05, 0.1) is 77.4 Å². The number of hydrogen-bond donors (Lipinski definition) is 2. The van der Waals surface area contributed by atoms with E-state index in [0.717, 1.165) is 135 Å². The third-order valence-corrected chi connectivity index (χ3v) is 18.0. The smallest absolute Gasteiger partial charge is 0.138 e. The van der Waals surface area contributed by atoms with E-state index in [1.165, 1.54) is 20.5 Å². The molecule has 2 aliphatic rings. The van der Waals surface area contributed by atoms with Crippen molar-refractivity contribution in [1.29, 1.82) is 0 Å². The Kier molecular flexibility index (Phi) is 11.6. The molecule has 0 spiro atoms. The molecule has 390 valence electrons. The van der Waals surface area contributed by atoms with Crippen LogP contribution in [0.25, 0.3) is 97.5 Å². The van der Waals surface area contributed by atoms with Gasteiger partial charge in [0.15, 0.2) is 0 Å². The van der Waals surface area contributed by atoms with Gasteiger partial charge < -0.3 is 9.97 Å². The number of hydrogen-bond acceptors (Lipinski definition) is 10. The van der Waals surface area contributed by atoms with E-state index in [2.05, 4.69) is 214 Å². The summed E-state index contributed by atoms with van der Waals surface area (Å²) in [6.07, 6.45) is 1.49. The van der Waals surface area contributed by atoms with Crippen molar-refractivity contribution in [1.82, 2.24) is 29.9 Å². The van der Waals surface area contributed by atoms with E-state index in [1.807, 2.05) is 48.5 Å². The van der Waals surface area contributed by atoms with Gasteiger partial charge in [0.2, 0.25) is 0 Å². The lowest BCUT2D eigenvalue weighted by Crippen LogP contribution is -2.18. The molecule has 0 amide bonds. The number of para-hydroxylation sites is 6. The van der Waals surface area contributed by atoms with Crippen molar-refractivity contribution in [3.63, 3.8) is 0 Å². The molecule has 0 radical (unpaired) electrons. The molecule has 2 N–H and O–H groups in total. The standard InChI is InChI=1S/C70H48N10S2/c1-2-10-56-55(9-1)71-67(72-56)49-29-25-47(26-30-49)63-41-61(77-79(63)53-37-33-51(34-38-53)69-75-59-13-5-7-15-65(59)81-69)45-21-17-43(18-22-45)44-19-23-46(24-20-44)62-42-64(48-27-31-50(32-28-48)68-73-57-11-3-4-12-58(57)74-68)80(78-62)54-39-35-52(36-40-54)70-76-60-14-6-8-16-66(60)82-70/h1-40,63-64H,41-42H2,(H,71,72)(H,73,74). The Morgan fingerprint density at radius 1 is 0.317 bits per heavy atom. The molecule has 0 saturated heterocycles. The number of thiazole rings is 2. The molecule has 82 heavy (non-hydrogen) atoms. The highest BCUT2D eigenvalue weighted by Crippen LogP contribution is 2.42. The maximum Gasteiger partial charge on any atom is 0.138 e. The van der Waals surface area contributed by atoms with Gasteiger partial charge in [0.1, 0.15) is 21.7 Å². The number of aromatic amines is 2. The Hall–Kier alpha value is -10.1. The van der Waals surface area contributed by atoms with Gasteiger partial charge in [0, 0.05) is 35.1 Å². The molecule has 0 saturated carbocycles. The zero-order valence-electron chi connectivity index (χ0n) is 44.1. The number of aromatic nitrogens is 6. The van der Waals surface area contributed by atoms with Gasteiger partial charge in [-0.25, -0.2) is 19.9 Å². The number of H-pyrrole nitrogens is 2. The largest absolute Gasteiger partial charge is 0.338 e. The molecule has 10 aromatic carbocycles. The Morgan fingerprint density at radius 3 is 1.05 bits per heavy atom. The summed E-state index contributed by atoms with van der Waals surface area (Å²) in [6.45, 7) is 0. The molecule has 6 heterocycles. The number of nitrogens with zero attached hydrogens (tertiary/aromatic N) is 8.